The molecular formula is C19H22N2O5S. The van der Waals surface area contributed by atoms with E-state index in [1.165, 1.54) is 36.7 Å². The fourth-order valence-corrected chi connectivity index (χ4v) is 3.65. The highest BCUT2D eigenvalue weighted by Crippen LogP contribution is 2.15. The van der Waals surface area contributed by atoms with Crippen LogP contribution in [0.15, 0.2) is 59.5 Å². The van der Waals surface area contributed by atoms with E-state index in [2.05, 4.69) is 10.1 Å². The first kappa shape index (κ1) is 20.6. The molecule has 0 saturated heterocycles. The number of sulfonamides is 1. The fourth-order valence-electron chi connectivity index (χ4n) is 2.42. The number of amides is 1. The van der Waals surface area contributed by atoms with Gasteiger partial charge in [-0.25, -0.2) is 17.5 Å². The average Bonchev–Trinajstić information content (AvgIpc) is 2.68. The van der Waals surface area contributed by atoms with Crippen molar-refractivity contribution in [1.82, 2.24) is 4.31 Å². The van der Waals surface area contributed by atoms with Crippen LogP contribution in [0.1, 0.15) is 23.2 Å². The van der Waals surface area contributed by atoms with Gasteiger partial charge < -0.3 is 10.1 Å². The molecule has 0 spiro atoms. The fraction of sp³-hybridized carbons (Fsp3) is 0.263. The number of carbonyl (C=O) groups excluding carboxylic acids is 2. The van der Waals surface area contributed by atoms with Gasteiger partial charge in [-0.1, -0.05) is 24.3 Å². The number of esters is 1. The van der Waals surface area contributed by atoms with Gasteiger partial charge >= 0.3 is 5.97 Å². The number of carbonyl (C=O) groups is 2. The van der Waals surface area contributed by atoms with Crippen molar-refractivity contribution in [2.45, 2.75) is 17.7 Å². The van der Waals surface area contributed by atoms with E-state index in [1.807, 2.05) is 0 Å². The van der Waals surface area contributed by atoms with Crippen LogP contribution in [-0.2, 0) is 19.6 Å². The second-order valence-corrected chi connectivity index (χ2v) is 7.91. The third-order valence-corrected chi connectivity index (χ3v) is 5.77. The van der Waals surface area contributed by atoms with Gasteiger partial charge in [0, 0.05) is 25.7 Å². The van der Waals surface area contributed by atoms with E-state index in [-0.39, 0.29) is 23.8 Å². The number of ether oxygens (including phenoxy) is 1. The molecule has 1 amide bonds. The van der Waals surface area contributed by atoms with Crippen LogP contribution in [-0.4, -0.2) is 45.3 Å². The maximum Gasteiger partial charge on any atom is 0.337 e. The maximum atomic E-state index is 12.4. The number of benzene rings is 2. The number of hydrogen-bond acceptors (Lipinski definition) is 5. The van der Waals surface area contributed by atoms with Crippen LogP contribution in [0.5, 0.6) is 0 Å². The largest absolute Gasteiger partial charge is 0.465 e. The molecule has 1 N–H and O–H groups in total. The van der Waals surface area contributed by atoms with Crippen LogP contribution >= 0.6 is 0 Å². The van der Waals surface area contributed by atoms with Gasteiger partial charge in [0.1, 0.15) is 0 Å². The zero-order valence-corrected chi connectivity index (χ0v) is 16.0. The zero-order valence-electron chi connectivity index (χ0n) is 15.2. The summed E-state index contributed by atoms with van der Waals surface area (Å²) in [7, 11) is -0.792. The van der Waals surface area contributed by atoms with Gasteiger partial charge in [-0.05, 0) is 36.8 Å². The first-order valence-electron chi connectivity index (χ1n) is 8.34. The lowest BCUT2D eigenvalue weighted by Crippen LogP contribution is -2.28. The van der Waals surface area contributed by atoms with Crippen molar-refractivity contribution < 1.29 is 22.7 Å². The highest BCUT2D eigenvalue weighted by molar-refractivity contribution is 7.89. The first-order valence-corrected chi connectivity index (χ1v) is 9.78. The molecular weight excluding hydrogens is 368 g/mol. The summed E-state index contributed by atoms with van der Waals surface area (Å²) in [5, 5.41) is 2.69. The van der Waals surface area contributed by atoms with E-state index < -0.39 is 16.0 Å². The molecule has 0 bridgehead atoms. The molecule has 0 saturated carbocycles. The Kier molecular flexibility index (Phi) is 7.09. The molecule has 0 aliphatic heterocycles. The smallest absolute Gasteiger partial charge is 0.337 e. The van der Waals surface area contributed by atoms with E-state index in [9.17, 15) is 18.0 Å². The van der Waals surface area contributed by atoms with Gasteiger partial charge in [0.25, 0.3) is 0 Å². The van der Waals surface area contributed by atoms with Crippen LogP contribution in [0.3, 0.4) is 0 Å². The number of hydrogen-bond donors (Lipinski definition) is 1. The summed E-state index contributed by atoms with van der Waals surface area (Å²) in [5.41, 5.74) is 0.817. The predicted octanol–water partition coefficient (Wildman–Crippen LogP) is 2.51. The highest BCUT2D eigenvalue weighted by atomic mass is 32.2. The number of methoxy groups -OCH3 is 1. The highest BCUT2D eigenvalue weighted by Gasteiger charge is 2.20. The van der Waals surface area contributed by atoms with Crippen molar-refractivity contribution in [3.8, 4) is 0 Å². The molecule has 2 rings (SSSR count). The lowest BCUT2D eigenvalue weighted by molar-refractivity contribution is -0.116. The molecule has 0 atom stereocenters. The van der Waals surface area contributed by atoms with E-state index in [0.717, 1.165) is 0 Å². The van der Waals surface area contributed by atoms with Crippen LogP contribution < -0.4 is 5.32 Å². The lowest BCUT2D eigenvalue weighted by Gasteiger charge is -2.17. The number of nitrogens with one attached hydrogen (secondary N) is 1. The quantitative estimate of drug-likeness (QED) is 0.699. The van der Waals surface area contributed by atoms with Crippen molar-refractivity contribution in [3.05, 3.63) is 60.2 Å². The average molecular weight is 390 g/mol. The summed E-state index contributed by atoms with van der Waals surface area (Å²) in [4.78, 5) is 23.8. The van der Waals surface area contributed by atoms with Crippen molar-refractivity contribution in [2.24, 2.45) is 0 Å². The normalized spacial score (nSPS) is 11.2. The number of nitrogens with zero attached hydrogens (tertiary/aromatic N) is 1. The monoisotopic (exact) mass is 390 g/mol. The lowest BCUT2D eigenvalue weighted by atomic mass is 10.2. The second kappa shape index (κ2) is 9.29. The summed E-state index contributed by atoms with van der Waals surface area (Å²) < 4.78 is 30.7. The van der Waals surface area contributed by atoms with Gasteiger partial charge in [-0.3, -0.25) is 4.79 Å². The topological polar surface area (TPSA) is 92.8 Å². The van der Waals surface area contributed by atoms with Crippen LogP contribution in [0.4, 0.5) is 5.69 Å². The van der Waals surface area contributed by atoms with Crippen molar-refractivity contribution >= 4 is 27.6 Å². The molecule has 0 radical (unpaired) electrons. The van der Waals surface area contributed by atoms with E-state index >= 15 is 0 Å². The molecule has 0 aliphatic rings. The van der Waals surface area contributed by atoms with Crippen molar-refractivity contribution in [3.63, 3.8) is 0 Å². The molecule has 0 aliphatic carbocycles. The van der Waals surface area contributed by atoms with Gasteiger partial charge in [-0.2, -0.15) is 0 Å². The number of anilines is 1. The second-order valence-electron chi connectivity index (χ2n) is 5.86. The molecule has 7 nitrogen and oxygen atoms in total. The Labute approximate surface area is 159 Å². The van der Waals surface area contributed by atoms with Gasteiger partial charge in [-0.15, -0.1) is 0 Å². The van der Waals surface area contributed by atoms with E-state index in [0.29, 0.717) is 17.7 Å². The van der Waals surface area contributed by atoms with E-state index in [1.54, 1.807) is 36.4 Å². The summed E-state index contributed by atoms with van der Waals surface area (Å²) in [6.07, 6.45) is 0.516. The molecule has 27 heavy (non-hydrogen) atoms. The Morgan fingerprint density at radius 2 is 1.78 bits per heavy atom. The van der Waals surface area contributed by atoms with Crippen LogP contribution in [0.2, 0.25) is 0 Å². The summed E-state index contributed by atoms with van der Waals surface area (Å²) in [6.45, 7) is 0.215. The van der Waals surface area contributed by atoms with Gasteiger partial charge in [0.05, 0.1) is 17.6 Å². The Morgan fingerprint density at radius 1 is 1.07 bits per heavy atom. The van der Waals surface area contributed by atoms with Crippen molar-refractivity contribution in [2.75, 3.05) is 26.0 Å². The molecule has 0 heterocycles. The molecule has 8 heteroatoms. The van der Waals surface area contributed by atoms with Crippen LogP contribution in [0, 0.1) is 0 Å². The summed E-state index contributed by atoms with van der Waals surface area (Å²) in [5.74, 6) is -0.749. The maximum absolute atomic E-state index is 12.4. The number of rotatable bonds is 8. The third-order valence-electron chi connectivity index (χ3n) is 3.90. The van der Waals surface area contributed by atoms with E-state index in [4.69, 9.17) is 0 Å². The SMILES string of the molecule is COC(=O)c1cccc(NC(=O)CCCN(C)S(=O)(=O)c2ccccc2)c1. The van der Waals surface area contributed by atoms with Crippen LogP contribution in [0.25, 0.3) is 0 Å². The standard InChI is InChI=1S/C19H22N2O5S/c1-21(27(24,25)17-10-4-3-5-11-17)13-7-12-18(22)20-16-9-6-8-15(14-16)19(23)26-2/h3-6,8-11,14H,7,12-13H2,1-2H3,(H,20,22). The molecule has 0 unspecified atom stereocenters. The minimum absolute atomic E-state index is 0.150. The predicted molar refractivity (Wildman–Crippen MR) is 102 cm³/mol. The summed E-state index contributed by atoms with van der Waals surface area (Å²) >= 11 is 0. The molecule has 144 valence electrons. The Balaban J connectivity index is 1.87. The summed E-state index contributed by atoms with van der Waals surface area (Å²) in [6, 6.07) is 14.6. The Bertz CT molecular complexity index is 897. The Morgan fingerprint density at radius 3 is 2.44 bits per heavy atom. The molecule has 2 aromatic carbocycles. The van der Waals surface area contributed by atoms with Crippen molar-refractivity contribution in [1.29, 1.82) is 0 Å². The first-order chi connectivity index (χ1) is 12.8. The molecule has 0 fully saturated rings. The molecule has 0 aromatic heterocycles. The zero-order chi connectivity index (χ0) is 19.9. The molecule has 2 aromatic rings. The Hall–Kier alpha value is -2.71. The van der Waals surface area contributed by atoms with Gasteiger partial charge in [0.15, 0.2) is 0 Å². The minimum Gasteiger partial charge on any atom is -0.465 e. The van der Waals surface area contributed by atoms with Gasteiger partial charge in [0.2, 0.25) is 15.9 Å². The third kappa shape index (κ3) is 5.63. The minimum atomic E-state index is -3.56.